The number of aryl methyl sites for hydroxylation is 1. The molecule has 1 heterocycles. The summed E-state index contributed by atoms with van der Waals surface area (Å²) in [6.07, 6.45) is 0. The summed E-state index contributed by atoms with van der Waals surface area (Å²) < 4.78 is 1.14. The predicted molar refractivity (Wildman–Crippen MR) is 89.7 cm³/mol. The number of hydrogen-bond donors (Lipinski definition) is 0. The number of nitrogens with zero attached hydrogens (tertiary/aromatic N) is 2. The van der Waals surface area contributed by atoms with Crippen molar-refractivity contribution in [3.63, 3.8) is 0 Å². The number of rotatable bonds is 2. The maximum absolute atomic E-state index is 3.49. The predicted octanol–water partition coefficient (Wildman–Crippen LogP) is 4.08. The molecule has 0 atom stereocenters. The average Bonchev–Trinajstić information content (AvgIpc) is 2.49. The van der Waals surface area contributed by atoms with Crippen LogP contribution < -0.4 is 9.80 Å². The molecule has 104 valence electrons. The van der Waals surface area contributed by atoms with E-state index in [0.29, 0.717) is 0 Å². The van der Waals surface area contributed by atoms with Crippen molar-refractivity contribution in [1.82, 2.24) is 0 Å². The minimum atomic E-state index is 1.08. The third-order valence-corrected chi connectivity index (χ3v) is 4.40. The molecule has 0 N–H and O–H groups in total. The lowest BCUT2D eigenvalue weighted by Crippen LogP contribution is -2.46. The number of hydrogen-bond acceptors (Lipinski definition) is 2. The van der Waals surface area contributed by atoms with Gasteiger partial charge in [0.2, 0.25) is 0 Å². The fraction of sp³-hybridized carbons (Fsp3) is 0.294. The Morgan fingerprint density at radius 3 is 1.55 bits per heavy atom. The van der Waals surface area contributed by atoms with Gasteiger partial charge in [0.05, 0.1) is 0 Å². The van der Waals surface area contributed by atoms with Gasteiger partial charge in [-0.25, -0.2) is 0 Å². The largest absolute Gasteiger partial charge is 0.368 e. The standard InChI is InChI=1S/C17H19BrN2/c1-14-2-6-16(7-3-14)19-10-12-20(13-11-19)17-8-4-15(18)5-9-17/h2-9H,10-13H2,1H3. The summed E-state index contributed by atoms with van der Waals surface area (Å²) in [6.45, 7) is 6.46. The SMILES string of the molecule is Cc1ccc(N2CCN(c3ccc(Br)cc3)CC2)cc1. The van der Waals surface area contributed by atoms with Gasteiger partial charge in [-0.2, -0.15) is 0 Å². The summed E-state index contributed by atoms with van der Waals surface area (Å²) in [4.78, 5) is 4.92. The molecule has 0 aromatic heterocycles. The second kappa shape index (κ2) is 5.88. The molecule has 1 fully saturated rings. The lowest BCUT2D eigenvalue weighted by atomic mass is 10.2. The lowest BCUT2D eigenvalue weighted by molar-refractivity contribution is 0.653. The van der Waals surface area contributed by atoms with E-state index in [9.17, 15) is 0 Å². The molecule has 1 aliphatic rings. The summed E-state index contributed by atoms with van der Waals surface area (Å²) in [5.74, 6) is 0. The van der Waals surface area contributed by atoms with Crippen molar-refractivity contribution in [1.29, 1.82) is 0 Å². The van der Waals surface area contributed by atoms with Crippen LogP contribution in [0.4, 0.5) is 11.4 Å². The van der Waals surface area contributed by atoms with Gasteiger partial charge in [-0.3, -0.25) is 0 Å². The van der Waals surface area contributed by atoms with Gasteiger partial charge >= 0.3 is 0 Å². The Balaban J connectivity index is 1.64. The molecule has 0 amide bonds. The number of benzene rings is 2. The Morgan fingerprint density at radius 2 is 1.10 bits per heavy atom. The zero-order valence-electron chi connectivity index (χ0n) is 11.7. The highest BCUT2D eigenvalue weighted by molar-refractivity contribution is 9.10. The first-order valence-corrected chi connectivity index (χ1v) is 7.84. The van der Waals surface area contributed by atoms with E-state index >= 15 is 0 Å². The lowest BCUT2D eigenvalue weighted by Gasteiger charge is -2.37. The van der Waals surface area contributed by atoms with Gasteiger partial charge in [-0.15, -0.1) is 0 Å². The number of halogens is 1. The molecule has 0 aliphatic carbocycles. The van der Waals surface area contributed by atoms with Crippen LogP contribution in [0.15, 0.2) is 53.0 Å². The molecule has 20 heavy (non-hydrogen) atoms. The Hall–Kier alpha value is -1.48. The Labute approximate surface area is 129 Å². The first kappa shape index (κ1) is 13.5. The minimum Gasteiger partial charge on any atom is -0.368 e. The Morgan fingerprint density at radius 1 is 0.700 bits per heavy atom. The van der Waals surface area contributed by atoms with Gasteiger partial charge in [0, 0.05) is 42.0 Å². The fourth-order valence-corrected chi connectivity index (χ4v) is 2.89. The van der Waals surface area contributed by atoms with Crippen LogP contribution in [-0.4, -0.2) is 26.2 Å². The molecule has 0 saturated carbocycles. The van der Waals surface area contributed by atoms with E-state index in [2.05, 4.69) is 81.2 Å². The summed E-state index contributed by atoms with van der Waals surface area (Å²) in [5, 5.41) is 0. The molecule has 1 aliphatic heterocycles. The number of anilines is 2. The quantitative estimate of drug-likeness (QED) is 0.818. The molecule has 1 saturated heterocycles. The monoisotopic (exact) mass is 330 g/mol. The highest BCUT2D eigenvalue weighted by Crippen LogP contribution is 2.22. The third-order valence-electron chi connectivity index (χ3n) is 3.87. The molecule has 3 heteroatoms. The van der Waals surface area contributed by atoms with Crippen LogP contribution in [0.5, 0.6) is 0 Å². The number of piperazine rings is 1. The van der Waals surface area contributed by atoms with E-state index in [-0.39, 0.29) is 0 Å². The second-order valence-corrected chi connectivity index (χ2v) is 6.20. The highest BCUT2D eigenvalue weighted by atomic mass is 79.9. The average molecular weight is 331 g/mol. The molecule has 3 rings (SSSR count). The smallest absolute Gasteiger partial charge is 0.0368 e. The van der Waals surface area contributed by atoms with Crippen molar-refractivity contribution in [2.75, 3.05) is 36.0 Å². The molecule has 2 aromatic rings. The van der Waals surface area contributed by atoms with Crippen LogP contribution >= 0.6 is 15.9 Å². The molecule has 0 bridgehead atoms. The Bertz CT molecular complexity index is 501. The third kappa shape index (κ3) is 2.98. The van der Waals surface area contributed by atoms with Crippen LogP contribution in [0, 0.1) is 6.92 Å². The van der Waals surface area contributed by atoms with E-state index in [0.717, 1.165) is 30.7 Å². The van der Waals surface area contributed by atoms with E-state index < -0.39 is 0 Å². The van der Waals surface area contributed by atoms with Crippen molar-refractivity contribution in [2.24, 2.45) is 0 Å². The van der Waals surface area contributed by atoms with Gasteiger partial charge < -0.3 is 9.80 Å². The second-order valence-electron chi connectivity index (χ2n) is 5.29. The van der Waals surface area contributed by atoms with Crippen LogP contribution in [0.1, 0.15) is 5.56 Å². The van der Waals surface area contributed by atoms with Crippen molar-refractivity contribution in [2.45, 2.75) is 6.92 Å². The zero-order chi connectivity index (χ0) is 13.9. The molecule has 0 unspecified atom stereocenters. The minimum absolute atomic E-state index is 1.08. The van der Waals surface area contributed by atoms with E-state index in [1.165, 1.54) is 16.9 Å². The van der Waals surface area contributed by atoms with Crippen LogP contribution in [0.3, 0.4) is 0 Å². The van der Waals surface area contributed by atoms with Crippen molar-refractivity contribution in [3.8, 4) is 0 Å². The maximum atomic E-state index is 3.49. The van der Waals surface area contributed by atoms with Crippen LogP contribution in [0.25, 0.3) is 0 Å². The summed E-state index contributed by atoms with van der Waals surface area (Å²) in [6, 6.07) is 17.4. The maximum Gasteiger partial charge on any atom is 0.0368 e. The fourth-order valence-electron chi connectivity index (χ4n) is 2.63. The molecule has 2 nitrogen and oxygen atoms in total. The highest BCUT2D eigenvalue weighted by Gasteiger charge is 2.17. The van der Waals surface area contributed by atoms with Gasteiger partial charge in [-0.1, -0.05) is 33.6 Å². The Kier molecular flexibility index (Phi) is 3.97. The van der Waals surface area contributed by atoms with E-state index in [4.69, 9.17) is 0 Å². The molecule has 0 radical (unpaired) electrons. The first-order valence-electron chi connectivity index (χ1n) is 7.04. The normalized spacial score (nSPS) is 15.5. The van der Waals surface area contributed by atoms with Crippen LogP contribution in [0.2, 0.25) is 0 Å². The van der Waals surface area contributed by atoms with E-state index in [1.54, 1.807) is 0 Å². The van der Waals surface area contributed by atoms with Gasteiger partial charge in [0.1, 0.15) is 0 Å². The van der Waals surface area contributed by atoms with Gasteiger partial charge in [0.25, 0.3) is 0 Å². The van der Waals surface area contributed by atoms with Gasteiger partial charge in [-0.05, 0) is 43.3 Å². The summed E-state index contributed by atoms with van der Waals surface area (Å²) in [7, 11) is 0. The topological polar surface area (TPSA) is 6.48 Å². The molecular formula is C17H19BrN2. The molecular weight excluding hydrogens is 312 g/mol. The van der Waals surface area contributed by atoms with Crippen molar-refractivity contribution in [3.05, 3.63) is 58.6 Å². The van der Waals surface area contributed by atoms with Gasteiger partial charge in [0.15, 0.2) is 0 Å². The zero-order valence-corrected chi connectivity index (χ0v) is 13.3. The molecule has 2 aromatic carbocycles. The summed E-state index contributed by atoms with van der Waals surface area (Å²) in [5.41, 5.74) is 3.98. The van der Waals surface area contributed by atoms with E-state index in [1.807, 2.05) is 0 Å². The summed E-state index contributed by atoms with van der Waals surface area (Å²) >= 11 is 3.49. The van der Waals surface area contributed by atoms with Crippen LogP contribution in [-0.2, 0) is 0 Å². The first-order chi connectivity index (χ1) is 9.72. The van der Waals surface area contributed by atoms with Crippen molar-refractivity contribution < 1.29 is 0 Å². The van der Waals surface area contributed by atoms with Crippen molar-refractivity contribution >= 4 is 27.3 Å². The molecule has 0 spiro atoms.